The van der Waals surface area contributed by atoms with Crippen LogP contribution in [0.4, 0.5) is 0 Å². The zero-order valence-electron chi connectivity index (χ0n) is 15.5. The molecule has 0 bridgehead atoms. The first-order valence-electron chi connectivity index (χ1n) is 10.1. The molecule has 1 aliphatic rings. The second kappa shape index (κ2) is 13.8. The van der Waals surface area contributed by atoms with Crippen molar-refractivity contribution in [3.63, 3.8) is 0 Å². The predicted molar refractivity (Wildman–Crippen MR) is 95.6 cm³/mol. The van der Waals surface area contributed by atoms with E-state index in [0.29, 0.717) is 6.61 Å². The number of unbranched alkanes of at least 4 members (excludes halogenated alkanes) is 11. The van der Waals surface area contributed by atoms with Crippen molar-refractivity contribution in [3.8, 4) is 0 Å². The zero-order valence-corrected chi connectivity index (χ0v) is 15.5. The van der Waals surface area contributed by atoms with Crippen LogP contribution in [0.3, 0.4) is 0 Å². The number of hydrogen-bond donors (Lipinski definition) is 0. The lowest BCUT2D eigenvalue weighted by Gasteiger charge is -2.02. The van der Waals surface area contributed by atoms with Gasteiger partial charge in [0.25, 0.3) is 0 Å². The molecule has 1 rings (SSSR count). The molecule has 1 heterocycles. The molecular formula is C20H38O3. The Balaban J connectivity index is 1.79. The van der Waals surface area contributed by atoms with Gasteiger partial charge in [0.2, 0.25) is 0 Å². The molecule has 3 heteroatoms. The highest BCUT2D eigenvalue weighted by molar-refractivity contribution is 5.77. The quantitative estimate of drug-likeness (QED) is 0.204. The van der Waals surface area contributed by atoms with Gasteiger partial charge in [0.15, 0.2) is 6.10 Å². The van der Waals surface area contributed by atoms with Gasteiger partial charge in [-0.25, -0.2) is 4.79 Å². The summed E-state index contributed by atoms with van der Waals surface area (Å²) < 4.78 is 10.6. The van der Waals surface area contributed by atoms with Crippen molar-refractivity contribution in [1.29, 1.82) is 0 Å². The minimum Gasteiger partial charge on any atom is -0.464 e. The maximum absolute atomic E-state index is 11.6. The van der Waals surface area contributed by atoms with Crippen LogP contribution in [-0.4, -0.2) is 24.8 Å². The third-order valence-electron chi connectivity index (χ3n) is 4.65. The summed E-state index contributed by atoms with van der Waals surface area (Å²) in [4.78, 5) is 11.6. The van der Waals surface area contributed by atoms with Crippen molar-refractivity contribution in [3.05, 3.63) is 0 Å². The van der Waals surface area contributed by atoms with Crippen molar-refractivity contribution in [2.24, 2.45) is 0 Å². The number of epoxide rings is 1. The van der Waals surface area contributed by atoms with Crippen LogP contribution in [0, 0.1) is 0 Å². The van der Waals surface area contributed by atoms with Crippen LogP contribution < -0.4 is 0 Å². The van der Waals surface area contributed by atoms with Gasteiger partial charge in [0.1, 0.15) is 0 Å². The molecule has 0 spiro atoms. The maximum atomic E-state index is 11.6. The second-order valence-electron chi connectivity index (χ2n) is 6.94. The van der Waals surface area contributed by atoms with Crippen LogP contribution in [0.15, 0.2) is 0 Å². The van der Waals surface area contributed by atoms with Crippen LogP contribution >= 0.6 is 0 Å². The van der Waals surface area contributed by atoms with E-state index in [1.165, 1.54) is 70.6 Å². The Hall–Kier alpha value is -0.570. The van der Waals surface area contributed by atoms with Crippen LogP contribution in [0.5, 0.6) is 0 Å². The lowest BCUT2D eigenvalue weighted by molar-refractivity contribution is -0.145. The topological polar surface area (TPSA) is 38.8 Å². The smallest absolute Gasteiger partial charge is 0.338 e. The molecule has 136 valence electrons. The Morgan fingerprint density at radius 1 is 0.783 bits per heavy atom. The van der Waals surface area contributed by atoms with E-state index in [2.05, 4.69) is 13.8 Å². The van der Waals surface area contributed by atoms with E-state index in [-0.39, 0.29) is 18.2 Å². The molecule has 0 radical (unpaired) electrons. The lowest BCUT2D eigenvalue weighted by Crippen LogP contribution is -2.14. The molecule has 0 aliphatic carbocycles. The van der Waals surface area contributed by atoms with Crippen LogP contribution in [0.2, 0.25) is 0 Å². The molecule has 0 aromatic carbocycles. The normalized spacial score (nSPS) is 19.7. The highest BCUT2D eigenvalue weighted by Crippen LogP contribution is 2.28. The fourth-order valence-electron chi connectivity index (χ4n) is 2.98. The molecule has 0 aromatic heterocycles. The summed E-state index contributed by atoms with van der Waals surface area (Å²) in [5.41, 5.74) is 0. The number of hydrogen-bond acceptors (Lipinski definition) is 3. The van der Waals surface area contributed by atoms with Crippen LogP contribution in [0.25, 0.3) is 0 Å². The predicted octanol–water partition coefficient (Wildman–Crippen LogP) is 5.80. The summed E-state index contributed by atoms with van der Waals surface area (Å²) in [7, 11) is 0. The Kier molecular flexibility index (Phi) is 12.3. The summed E-state index contributed by atoms with van der Waals surface area (Å²) in [5.74, 6) is -0.147. The summed E-state index contributed by atoms with van der Waals surface area (Å²) in [6, 6.07) is 0. The molecule has 2 unspecified atom stereocenters. The molecule has 0 N–H and O–H groups in total. The first kappa shape index (κ1) is 20.5. The van der Waals surface area contributed by atoms with Gasteiger partial charge in [0, 0.05) is 0 Å². The molecule has 0 amide bonds. The van der Waals surface area contributed by atoms with Gasteiger partial charge in [-0.2, -0.15) is 0 Å². The minimum absolute atomic E-state index is 0.141. The average molecular weight is 327 g/mol. The van der Waals surface area contributed by atoms with E-state index in [9.17, 15) is 4.79 Å². The van der Waals surface area contributed by atoms with E-state index in [0.717, 1.165) is 19.3 Å². The second-order valence-corrected chi connectivity index (χ2v) is 6.94. The molecular weight excluding hydrogens is 288 g/mol. The summed E-state index contributed by atoms with van der Waals surface area (Å²) >= 11 is 0. The third kappa shape index (κ3) is 10.8. The van der Waals surface area contributed by atoms with E-state index in [1.54, 1.807) is 0 Å². The Bertz CT molecular complexity index is 291. The Morgan fingerprint density at radius 2 is 1.30 bits per heavy atom. The van der Waals surface area contributed by atoms with Gasteiger partial charge in [-0.15, -0.1) is 0 Å². The number of ether oxygens (including phenoxy) is 2. The van der Waals surface area contributed by atoms with Crippen LogP contribution in [0.1, 0.15) is 104 Å². The van der Waals surface area contributed by atoms with E-state index >= 15 is 0 Å². The molecule has 2 atom stereocenters. The van der Waals surface area contributed by atoms with Crippen molar-refractivity contribution >= 4 is 5.97 Å². The van der Waals surface area contributed by atoms with Gasteiger partial charge in [-0.05, 0) is 12.8 Å². The number of rotatable bonds is 16. The molecule has 1 saturated heterocycles. The fourth-order valence-corrected chi connectivity index (χ4v) is 2.98. The van der Waals surface area contributed by atoms with Gasteiger partial charge >= 0.3 is 5.97 Å². The molecule has 1 aliphatic heterocycles. The van der Waals surface area contributed by atoms with E-state index < -0.39 is 0 Å². The minimum atomic E-state index is -0.255. The standard InChI is InChI=1S/C20H38O3/c1-3-5-7-8-9-10-11-12-13-14-15-16-18-19(23-18)20(21)22-17-6-4-2/h18-19H,3-17H2,1-2H3. The van der Waals surface area contributed by atoms with Gasteiger partial charge in [-0.3, -0.25) is 0 Å². The van der Waals surface area contributed by atoms with Crippen molar-refractivity contribution in [2.75, 3.05) is 6.61 Å². The fraction of sp³-hybridized carbons (Fsp3) is 0.950. The third-order valence-corrected chi connectivity index (χ3v) is 4.65. The summed E-state index contributed by atoms with van der Waals surface area (Å²) in [6.45, 7) is 4.90. The van der Waals surface area contributed by atoms with Gasteiger partial charge < -0.3 is 9.47 Å². The van der Waals surface area contributed by atoms with Gasteiger partial charge in [0.05, 0.1) is 12.7 Å². The SMILES string of the molecule is CCCCCCCCCCCCCC1OC1C(=O)OCCCC. The van der Waals surface area contributed by atoms with Gasteiger partial charge in [-0.1, -0.05) is 90.9 Å². The average Bonchev–Trinajstić information content (AvgIpc) is 3.32. The monoisotopic (exact) mass is 326 g/mol. The Labute approximate surface area is 143 Å². The first-order valence-corrected chi connectivity index (χ1v) is 10.1. The molecule has 0 saturated carbocycles. The molecule has 0 aromatic rings. The molecule has 1 fully saturated rings. The zero-order chi connectivity index (χ0) is 16.8. The molecule has 23 heavy (non-hydrogen) atoms. The number of esters is 1. The van der Waals surface area contributed by atoms with Crippen LogP contribution in [-0.2, 0) is 14.3 Å². The molecule has 3 nitrogen and oxygen atoms in total. The van der Waals surface area contributed by atoms with E-state index in [1.807, 2.05) is 0 Å². The van der Waals surface area contributed by atoms with Crippen molar-refractivity contribution in [2.45, 2.75) is 116 Å². The Morgan fingerprint density at radius 3 is 1.87 bits per heavy atom. The largest absolute Gasteiger partial charge is 0.464 e. The van der Waals surface area contributed by atoms with E-state index in [4.69, 9.17) is 9.47 Å². The summed E-state index contributed by atoms with van der Waals surface area (Å²) in [5, 5.41) is 0. The highest BCUT2D eigenvalue weighted by atomic mass is 16.6. The maximum Gasteiger partial charge on any atom is 0.338 e. The number of carbonyl (C=O) groups excluding carboxylic acids is 1. The first-order chi connectivity index (χ1) is 11.3. The van der Waals surface area contributed by atoms with Crippen molar-refractivity contribution in [1.82, 2.24) is 0 Å². The lowest BCUT2D eigenvalue weighted by atomic mass is 10.0. The highest BCUT2D eigenvalue weighted by Gasteiger charge is 2.45. The number of carbonyl (C=O) groups is 1. The summed E-state index contributed by atoms with van der Waals surface area (Å²) in [6.07, 6.45) is 17.8. The van der Waals surface area contributed by atoms with Crippen molar-refractivity contribution < 1.29 is 14.3 Å².